The average Bonchev–Trinajstić information content (AvgIpc) is 2.49. The van der Waals surface area contributed by atoms with Gasteiger partial charge in [-0.3, -0.25) is 4.90 Å². The van der Waals surface area contributed by atoms with Crippen molar-refractivity contribution < 1.29 is 22.3 Å². The molecule has 0 bridgehead atoms. The number of hydrogen-bond donors (Lipinski definition) is 1. The molecule has 0 radical (unpaired) electrons. The van der Waals surface area contributed by atoms with Gasteiger partial charge in [0.05, 0.1) is 0 Å². The second kappa shape index (κ2) is 11.2. The summed E-state index contributed by atoms with van der Waals surface area (Å²) in [6.45, 7) is 7.63. The molecule has 152 valence electrons. The predicted molar refractivity (Wildman–Crippen MR) is 98.8 cm³/mol. The molecule has 0 saturated carbocycles. The van der Waals surface area contributed by atoms with Crippen LogP contribution in [0.15, 0.2) is 18.2 Å². The van der Waals surface area contributed by atoms with E-state index in [0.29, 0.717) is 11.5 Å². The molecule has 1 N–H and O–H groups in total. The summed E-state index contributed by atoms with van der Waals surface area (Å²) in [6, 6.07) is 3.79. The van der Waals surface area contributed by atoms with Crippen LogP contribution in [0.1, 0.15) is 38.3 Å². The Bertz CT molecular complexity index is 538. The molecule has 0 aromatic heterocycles. The van der Waals surface area contributed by atoms with Crippen LogP contribution in [0, 0.1) is 11.7 Å². The number of nitrogens with zero attached hydrogens (tertiary/aromatic N) is 1. The maximum Gasteiger partial charge on any atom is 0.573 e. The lowest BCUT2D eigenvalue weighted by molar-refractivity contribution is -0.275. The highest BCUT2D eigenvalue weighted by molar-refractivity contribution is 5.85. The summed E-state index contributed by atoms with van der Waals surface area (Å²) >= 11 is 0. The molecule has 0 amide bonds. The Balaban J connectivity index is 0.00000312. The van der Waals surface area contributed by atoms with Gasteiger partial charge in [-0.05, 0) is 36.5 Å². The number of ether oxygens (including phenoxy) is 1. The van der Waals surface area contributed by atoms with Gasteiger partial charge in [-0.2, -0.15) is 0 Å². The molecular formula is C17H26Cl2F4N2O. The lowest BCUT2D eigenvalue weighted by Crippen LogP contribution is -2.45. The van der Waals surface area contributed by atoms with E-state index in [2.05, 4.69) is 28.8 Å². The van der Waals surface area contributed by atoms with Crippen molar-refractivity contribution in [3.05, 3.63) is 29.6 Å². The molecular weight excluding hydrogens is 395 g/mol. The number of alkyl halides is 3. The lowest BCUT2D eigenvalue weighted by atomic mass is 9.95. The van der Waals surface area contributed by atoms with Gasteiger partial charge in [-0.1, -0.05) is 19.9 Å². The smallest absolute Gasteiger partial charge is 0.403 e. The van der Waals surface area contributed by atoms with E-state index in [1.54, 1.807) is 0 Å². The van der Waals surface area contributed by atoms with Crippen molar-refractivity contribution >= 4 is 24.8 Å². The SMILES string of the molecule is CC(C)CC[C@H](c1ccc(OC(F)(F)F)c(F)c1)N1CCNCC1.Cl.Cl. The zero-order valence-electron chi connectivity index (χ0n) is 14.8. The highest BCUT2D eigenvalue weighted by Gasteiger charge is 2.32. The normalized spacial score (nSPS) is 16.6. The zero-order chi connectivity index (χ0) is 17.7. The van der Waals surface area contributed by atoms with E-state index >= 15 is 0 Å². The Morgan fingerprint density at radius 3 is 2.23 bits per heavy atom. The van der Waals surface area contributed by atoms with Gasteiger partial charge < -0.3 is 10.1 Å². The summed E-state index contributed by atoms with van der Waals surface area (Å²) in [4.78, 5) is 2.26. The topological polar surface area (TPSA) is 24.5 Å². The van der Waals surface area contributed by atoms with E-state index in [9.17, 15) is 17.6 Å². The average molecular weight is 421 g/mol. The van der Waals surface area contributed by atoms with Crippen LogP contribution in [-0.2, 0) is 0 Å². The van der Waals surface area contributed by atoms with Crippen molar-refractivity contribution in [2.24, 2.45) is 5.92 Å². The number of hydrogen-bond acceptors (Lipinski definition) is 3. The maximum atomic E-state index is 14.1. The molecule has 1 heterocycles. The van der Waals surface area contributed by atoms with E-state index in [1.807, 2.05) is 0 Å². The summed E-state index contributed by atoms with van der Waals surface area (Å²) in [6.07, 6.45) is -3.08. The van der Waals surface area contributed by atoms with Crippen molar-refractivity contribution in [3.8, 4) is 5.75 Å². The summed E-state index contributed by atoms with van der Waals surface area (Å²) in [5.74, 6) is -1.25. The maximum absolute atomic E-state index is 14.1. The summed E-state index contributed by atoms with van der Waals surface area (Å²) in [7, 11) is 0. The molecule has 0 unspecified atom stereocenters. The van der Waals surface area contributed by atoms with Gasteiger partial charge in [0.2, 0.25) is 0 Å². The standard InChI is InChI=1S/C17H24F4N2O.2ClH/c1-12(2)3-5-15(23-9-7-22-8-10-23)13-4-6-16(14(18)11-13)24-17(19,20)21;;/h4,6,11-12,15,22H,3,5,7-10H2,1-2H3;2*1H/t15-;;/m1../s1. The first-order valence-corrected chi connectivity index (χ1v) is 8.26. The Morgan fingerprint density at radius 1 is 1.12 bits per heavy atom. The first kappa shape index (κ1) is 25.2. The fourth-order valence-corrected chi connectivity index (χ4v) is 2.98. The quantitative estimate of drug-likeness (QED) is 0.658. The van der Waals surface area contributed by atoms with Crippen LogP contribution in [-0.4, -0.2) is 37.4 Å². The van der Waals surface area contributed by atoms with Gasteiger partial charge in [0.1, 0.15) is 0 Å². The van der Waals surface area contributed by atoms with Gasteiger partial charge >= 0.3 is 6.36 Å². The minimum atomic E-state index is -4.89. The minimum Gasteiger partial charge on any atom is -0.403 e. The fourth-order valence-electron chi connectivity index (χ4n) is 2.98. The highest BCUT2D eigenvalue weighted by Crippen LogP contribution is 2.32. The number of nitrogens with one attached hydrogen (secondary N) is 1. The molecule has 3 nitrogen and oxygen atoms in total. The zero-order valence-corrected chi connectivity index (χ0v) is 16.4. The van der Waals surface area contributed by atoms with E-state index < -0.39 is 17.9 Å². The van der Waals surface area contributed by atoms with Crippen LogP contribution in [0.2, 0.25) is 0 Å². The number of piperazine rings is 1. The number of benzene rings is 1. The van der Waals surface area contributed by atoms with Gasteiger partial charge in [0.25, 0.3) is 0 Å². The Hall–Kier alpha value is -0.760. The lowest BCUT2D eigenvalue weighted by Gasteiger charge is -2.35. The molecule has 1 aromatic carbocycles. The molecule has 1 aromatic rings. The molecule has 26 heavy (non-hydrogen) atoms. The van der Waals surface area contributed by atoms with Gasteiger partial charge in [0, 0.05) is 32.2 Å². The molecule has 9 heteroatoms. The molecule has 1 fully saturated rings. The van der Waals surface area contributed by atoms with Crippen molar-refractivity contribution in [1.82, 2.24) is 10.2 Å². The van der Waals surface area contributed by atoms with Crippen molar-refractivity contribution in [3.63, 3.8) is 0 Å². The first-order chi connectivity index (χ1) is 11.3. The molecule has 2 rings (SSSR count). The van der Waals surface area contributed by atoms with Crippen molar-refractivity contribution in [2.75, 3.05) is 26.2 Å². The Morgan fingerprint density at radius 2 is 1.73 bits per heavy atom. The highest BCUT2D eigenvalue weighted by atomic mass is 35.5. The largest absolute Gasteiger partial charge is 0.573 e. The van der Waals surface area contributed by atoms with Crippen LogP contribution >= 0.6 is 24.8 Å². The van der Waals surface area contributed by atoms with Gasteiger partial charge in [-0.15, -0.1) is 38.0 Å². The van der Waals surface area contributed by atoms with Crippen LogP contribution in [0.4, 0.5) is 17.6 Å². The predicted octanol–water partition coefficient (Wildman–Crippen LogP) is 4.95. The third-order valence-corrected chi connectivity index (χ3v) is 4.18. The molecule has 1 saturated heterocycles. The molecule has 1 atom stereocenters. The minimum absolute atomic E-state index is 0. The van der Waals surface area contributed by atoms with E-state index in [0.717, 1.165) is 45.1 Å². The first-order valence-electron chi connectivity index (χ1n) is 8.26. The van der Waals surface area contributed by atoms with E-state index in [1.165, 1.54) is 12.1 Å². The van der Waals surface area contributed by atoms with Crippen LogP contribution < -0.4 is 10.1 Å². The van der Waals surface area contributed by atoms with Crippen molar-refractivity contribution in [2.45, 2.75) is 39.1 Å². The summed E-state index contributed by atoms with van der Waals surface area (Å²) in [5.41, 5.74) is 0.699. The fraction of sp³-hybridized carbons (Fsp3) is 0.647. The second-order valence-corrected chi connectivity index (χ2v) is 6.51. The summed E-state index contributed by atoms with van der Waals surface area (Å²) < 4.78 is 54.6. The third kappa shape index (κ3) is 7.86. The van der Waals surface area contributed by atoms with Gasteiger partial charge in [0.15, 0.2) is 11.6 Å². The molecule has 1 aliphatic rings. The number of halogens is 6. The Kier molecular flexibility index (Phi) is 10.8. The monoisotopic (exact) mass is 420 g/mol. The second-order valence-electron chi connectivity index (χ2n) is 6.51. The summed E-state index contributed by atoms with van der Waals surface area (Å²) in [5, 5.41) is 3.27. The van der Waals surface area contributed by atoms with Crippen LogP contribution in [0.5, 0.6) is 5.75 Å². The Labute approximate surface area is 164 Å². The van der Waals surface area contributed by atoms with E-state index in [-0.39, 0.29) is 30.9 Å². The molecule has 1 aliphatic heterocycles. The third-order valence-electron chi connectivity index (χ3n) is 4.18. The molecule has 0 spiro atoms. The van der Waals surface area contributed by atoms with E-state index in [4.69, 9.17) is 0 Å². The van der Waals surface area contributed by atoms with Crippen LogP contribution in [0.3, 0.4) is 0 Å². The number of rotatable bonds is 6. The van der Waals surface area contributed by atoms with Crippen molar-refractivity contribution in [1.29, 1.82) is 0 Å². The molecule has 0 aliphatic carbocycles. The van der Waals surface area contributed by atoms with Gasteiger partial charge in [-0.25, -0.2) is 4.39 Å². The van der Waals surface area contributed by atoms with Crippen LogP contribution in [0.25, 0.3) is 0 Å².